The van der Waals surface area contributed by atoms with Gasteiger partial charge in [0.2, 0.25) is 5.91 Å². The molecule has 0 saturated carbocycles. The third-order valence-electron chi connectivity index (χ3n) is 2.44. The minimum atomic E-state index is -0.755. The fourth-order valence-electron chi connectivity index (χ4n) is 1.48. The molecule has 23 heavy (non-hydrogen) atoms. The molecular formula is C15H17N3O5. The molecule has 0 saturated heterocycles. The first-order valence-electron chi connectivity index (χ1n) is 6.65. The van der Waals surface area contributed by atoms with Gasteiger partial charge >= 0.3 is 12.0 Å². The summed E-state index contributed by atoms with van der Waals surface area (Å²) in [6, 6.07) is 5.25. The molecule has 1 rings (SSSR count). The largest absolute Gasteiger partial charge is 0.452 e. The predicted molar refractivity (Wildman–Crippen MR) is 82.8 cm³/mol. The first-order chi connectivity index (χ1) is 10.9. The molecule has 0 heterocycles. The number of ether oxygens (including phenoxy) is 1. The maximum atomic E-state index is 11.7. The second-order valence-electron chi connectivity index (χ2n) is 4.38. The summed E-state index contributed by atoms with van der Waals surface area (Å²) in [5, 5.41) is 6.88. The van der Waals surface area contributed by atoms with Crippen LogP contribution in [0.25, 0.3) is 0 Å². The van der Waals surface area contributed by atoms with Gasteiger partial charge in [0.1, 0.15) is 0 Å². The molecule has 0 aliphatic rings. The number of hydrogen-bond donors (Lipinski definition) is 3. The number of hydrogen-bond acceptors (Lipinski definition) is 5. The lowest BCUT2D eigenvalue weighted by atomic mass is 10.2. The van der Waals surface area contributed by atoms with Crippen molar-refractivity contribution in [2.75, 3.05) is 18.5 Å². The Kier molecular flexibility index (Phi) is 6.99. The highest BCUT2D eigenvalue weighted by Crippen LogP contribution is 2.10. The first-order valence-corrected chi connectivity index (χ1v) is 6.65. The zero-order valence-corrected chi connectivity index (χ0v) is 12.5. The van der Waals surface area contributed by atoms with Crippen LogP contribution in [0.15, 0.2) is 36.9 Å². The summed E-state index contributed by atoms with van der Waals surface area (Å²) in [5.74, 6) is -1.71. The average Bonchev–Trinajstić information content (AvgIpc) is 2.50. The molecular weight excluding hydrogens is 302 g/mol. The molecule has 0 bridgehead atoms. The number of carbonyl (C=O) groups is 4. The molecule has 0 atom stereocenters. The molecule has 4 amide bonds. The number of benzene rings is 1. The summed E-state index contributed by atoms with van der Waals surface area (Å²) < 4.78 is 4.78. The molecule has 0 fully saturated rings. The Morgan fingerprint density at radius 1 is 1.17 bits per heavy atom. The Balaban J connectivity index is 2.43. The maximum Gasteiger partial charge on any atom is 0.338 e. The number of imide groups is 1. The van der Waals surface area contributed by atoms with E-state index in [4.69, 9.17) is 4.74 Å². The zero-order chi connectivity index (χ0) is 17.2. The van der Waals surface area contributed by atoms with Gasteiger partial charge < -0.3 is 15.4 Å². The van der Waals surface area contributed by atoms with Crippen LogP contribution in [-0.4, -0.2) is 37.0 Å². The Bertz CT molecular complexity index is 610. The molecule has 0 aliphatic heterocycles. The second-order valence-corrected chi connectivity index (χ2v) is 4.38. The van der Waals surface area contributed by atoms with Gasteiger partial charge in [-0.05, 0) is 24.3 Å². The lowest BCUT2D eigenvalue weighted by Gasteiger charge is -2.07. The molecule has 122 valence electrons. The lowest BCUT2D eigenvalue weighted by Crippen LogP contribution is -2.41. The Morgan fingerprint density at radius 2 is 1.83 bits per heavy atom. The number of rotatable bonds is 6. The van der Waals surface area contributed by atoms with Crippen molar-refractivity contribution >= 4 is 29.5 Å². The summed E-state index contributed by atoms with van der Waals surface area (Å²) in [7, 11) is 0. The van der Waals surface area contributed by atoms with E-state index in [1.165, 1.54) is 37.3 Å². The number of urea groups is 1. The standard InChI is InChI=1S/C15H17N3O5/c1-3-8-16-15(22)18-13(20)9-23-14(21)11-4-6-12(7-5-11)17-10(2)19/h3-7H,1,8-9H2,2H3,(H,17,19)(H2,16,18,20,22). The molecule has 0 aliphatic carbocycles. The Hall–Kier alpha value is -3.16. The number of anilines is 1. The van der Waals surface area contributed by atoms with Crippen LogP contribution in [0.4, 0.5) is 10.5 Å². The lowest BCUT2D eigenvalue weighted by molar-refractivity contribution is -0.123. The minimum absolute atomic E-state index is 0.208. The van der Waals surface area contributed by atoms with Gasteiger partial charge in [-0.3, -0.25) is 14.9 Å². The Morgan fingerprint density at radius 3 is 2.39 bits per heavy atom. The van der Waals surface area contributed by atoms with Crippen LogP contribution in [0.5, 0.6) is 0 Å². The van der Waals surface area contributed by atoms with Crippen molar-refractivity contribution in [2.24, 2.45) is 0 Å². The summed E-state index contributed by atoms with van der Waals surface area (Å²) in [5.41, 5.74) is 0.744. The normalized spacial score (nSPS) is 9.43. The third kappa shape index (κ3) is 6.89. The van der Waals surface area contributed by atoms with Gasteiger partial charge in [-0.25, -0.2) is 9.59 Å². The third-order valence-corrected chi connectivity index (χ3v) is 2.44. The molecule has 3 N–H and O–H groups in total. The summed E-state index contributed by atoms with van der Waals surface area (Å²) in [4.78, 5) is 45.2. The van der Waals surface area contributed by atoms with Crippen LogP contribution >= 0.6 is 0 Å². The highest BCUT2D eigenvalue weighted by molar-refractivity contribution is 5.97. The predicted octanol–water partition coefficient (Wildman–Crippen LogP) is 0.814. The highest BCUT2D eigenvalue weighted by atomic mass is 16.5. The number of carbonyl (C=O) groups excluding carboxylic acids is 4. The van der Waals surface area contributed by atoms with Gasteiger partial charge in [0.25, 0.3) is 5.91 Å². The molecule has 0 radical (unpaired) electrons. The van der Waals surface area contributed by atoms with Crippen molar-refractivity contribution in [1.82, 2.24) is 10.6 Å². The zero-order valence-electron chi connectivity index (χ0n) is 12.5. The monoisotopic (exact) mass is 319 g/mol. The smallest absolute Gasteiger partial charge is 0.338 e. The van der Waals surface area contributed by atoms with E-state index in [-0.39, 0.29) is 18.0 Å². The van der Waals surface area contributed by atoms with Gasteiger partial charge in [0.15, 0.2) is 6.61 Å². The molecule has 0 spiro atoms. The van der Waals surface area contributed by atoms with E-state index in [0.717, 1.165) is 0 Å². The van der Waals surface area contributed by atoms with Gasteiger partial charge in [0.05, 0.1) is 5.56 Å². The van der Waals surface area contributed by atoms with Crippen molar-refractivity contribution in [1.29, 1.82) is 0 Å². The highest BCUT2D eigenvalue weighted by Gasteiger charge is 2.12. The average molecular weight is 319 g/mol. The van der Waals surface area contributed by atoms with Crippen LogP contribution in [0.3, 0.4) is 0 Å². The molecule has 1 aromatic rings. The summed E-state index contributed by atoms with van der Waals surface area (Å²) >= 11 is 0. The first kappa shape index (κ1) is 17.9. The van der Waals surface area contributed by atoms with E-state index < -0.39 is 24.5 Å². The molecule has 0 unspecified atom stereocenters. The van der Waals surface area contributed by atoms with Gasteiger partial charge in [0, 0.05) is 19.2 Å². The Labute approximate surface area is 132 Å². The van der Waals surface area contributed by atoms with Crippen LogP contribution in [0.1, 0.15) is 17.3 Å². The fraction of sp³-hybridized carbons (Fsp3) is 0.200. The molecule has 0 aromatic heterocycles. The number of esters is 1. The summed E-state index contributed by atoms with van der Waals surface area (Å²) in [6.45, 7) is 4.39. The quantitative estimate of drug-likeness (QED) is 0.530. The number of amides is 4. The molecule has 8 heteroatoms. The van der Waals surface area contributed by atoms with Gasteiger partial charge in [-0.15, -0.1) is 6.58 Å². The number of nitrogens with one attached hydrogen (secondary N) is 3. The topological polar surface area (TPSA) is 114 Å². The maximum absolute atomic E-state index is 11.7. The van der Waals surface area contributed by atoms with E-state index in [0.29, 0.717) is 5.69 Å². The van der Waals surface area contributed by atoms with Crippen molar-refractivity contribution in [3.8, 4) is 0 Å². The van der Waals surface area contributed by atoms with E-state index in [9.17, 15) is 19.2 Å². The van der Waals surface area contributed by atoms with Gasteiger partial charge in [-0.1, -0.05) is 6.08 Å². The van der Waals surface area contributed by atoms with E-state index in [1.54, 1.807) is 0 Å². The van der Waals surface area contributed by atoms with Crippen LogP contribution in [-0.2, 0) is 14.3 Å². The van der Waals surface area contributed by atoms with E-state index in [2.05, 4.69) is 17.2 Å². The van der Waals surface area contributed by atoms with Crippen molar-refractivity contribution in [3.05, 3.63) is 42.5 Å². The fourth-order valence-corrected chi connectivity index (χ4v) is 1.48. The second kappa shape index (κ2) is 8.98. The van der Waals surface area contributed by atoms with Crippen molar-refractivity contribution < 1.29 is 23.9 Å². The SMILES string of the molecule is C=CCNC(=O)NC(=O)COC(=O)c1ccc(NC(C)=O)cc1. The van der Waals surface area contributed by atoms with Crippen LogP contribution in [0, 0.1) is 0 Å². The van der Waals surface area contributed by atoms with Crippen LogP contribution in [0.2, 0.25) is 0 Å². The minimum Gasteiger partial charge on any atom is -0.452 e. The van der Waals surface area contributed by atoms with Crippen molar-refractivity contribution in [2.45, 2.75) is 6.92 Å². The van der Waals surface area contributed by atoms with Gasteiger partial charge in [-0.2, -0.15) is 0 Å². The molecule has 8 nitrogen and oxygen atoms in total. The van der Waals surface area contributed by atoms with E-state index >= 15 is 0 Å². The van der Waals surface area contributed by atoms with E-state index in [1.807, 2.05) is 5.32 Å². The summed E-state index contributed by atoms with van der Waals surface area (Å²) in [6.07, 6.45) is 1.45. The molecule has 1 aromatic carbocycles. The van der Waals surface area contributed by atoms with Crippen molar-refractivity contribution in [3.63, 3.8) is 0 Å². The van der Waals surface area contributed by atoms with Crippen LogP contribution < -0.4 is 16.0 Å².